The van der Waals surface area contributed by atoms with E-state index in [1.54, 1.807) is 6.07 Å². The lowest BCUT2D eigenvalue weighted by Crippen LogP contribution is -2.21. The van der Waals surface area contributed by atoms with E-state index < -0.39 is 0 Å². The van der Waals surface area contributed by atoms with Crippen LogP contribution in [-0.2, 0) is 4.79 Å². The number of hydrogen-bond acceptors (Lipinski definition) is 3. The number of carbonyl (C=O) groups is 1. The lowest BCUT2D eigenvalue weighted by atomic mass is 9.93. The second kappa shape index (κ2) is 6.52. The third-order valence-electron chi connectivity index (χ3n) is 3.74. The highest BCUT2D eigenvalue weighted by atomic mass is 16.7. The molecule has 0 saturated carbocycles. The summed E-state index contributed by atoms with van der Waals surface area (Å²) in [5, 5.41) is 2.98. The normalized spacial score (nSPS) is 13.7. The Kier molecular flexibility index (Phi) is 4.28. The van der Waals surface area contributed by atoms with Gasteiger partial charge in [-0.05, 0) is 24.1 Å². The number of anilines is 1. The van der Waals surface area contributed by atoms with Crippen molar-refractivity contribution >= 4 is 11.6 Å². The molecule has 114 valence electrons. The van der Waals surface area contributed by atoms with Crippen LogP contribution < -0.4 is 14.8 Å². The van der Waals surface area contributed by atoms with Gasteiger partial charge in [0.2, 0.25) is 12.7 Å². The van der Waals surface area contributed by atoms with Crippen molar-refractivity contribution in [2.45, 2.75) is 25.7 Å². The monoisotopic (exact) mass is 297 g/mol. The minimum Gasteiger partial charge on any atom is -0.454 e. The van der Waals surface area contributed by atoms with Crippen molar-refractivity contribution in [3.63, 3.8) is 0 Å². The lowest BCUT2D eigenvalue weighted by Gasteiger charge is -2.16. The highest BCUT2D eigenvalue weighted by molar-refractivity contribution is 5.96. The van der Waals surface area contributed by atoms with E-state index in [9.17, 15) is 4.79 Å². The summed E-state index contributed by atoms with van der Waals surface area (Å²) in [6.45, 7) is 2.32. The number of carbonyl (C=O) groups excluding carboxylic acids is 1. The number of ether oxygens (including phenoxy) is 2. The first-order chi connectivity index (χ1) is 10.8. The van der Waals surface area contributed by atoms with Crippen molar-refractivity contribution in [1.29, 1.82) is 0 Å². The van der Waals surface area contributed by atoms with Gasteiger partial charge in [0, 0.05) is 11.8 Å². The smallest absolute Gasteiger partial charge is 0.231 e. The van der Waals surface area contributed by atoms with Gasteiger partial charge in [0.1, 0.15) is 0 Å². The van der Waals surface area contributed by atoms with Gasteiger partial charge in [0.25, 0.3) is 0 Å². The lowest BCUT2D eigenvalue weighted by molar-refractivity contribution is -0.117. The van der Waals surface area contributed by atoms with Gasteiger partial charge in [-0.3, -0.25) is 4.79 Å². The molecule has 3 rings (SSSR count). The number of fused-ring (bicyclic) bond motifs is 1. The van der Waals surface area contributed by atoms with E-state index in [4.69, 9.17) is 9.47 Å². The molecule has 0 fully saturated rings. The summed E-state index contributed by atoms with van der Waals surface area (Å²) >= 11 is 0. The molecule has 1 heterocycles. The van der Waals surface area contributed by atoms with Gasteiger partial charge in [-0.25, -0.2) is 0 Å². The van der Waals surface area contributed by atoms with Crippen LogP contribution in [0.15, 0.2) is 48.5 Å². The Bertz CT molecular complexity index is 655. The Morgan fingerprint density at radius 2 is 1.91 bits per heavy atom. The molecule has 2 aromatic carbocycles. The van der Waals surface area contributed by atoms with E-state index in [0.717, 1.165) is 24.1 Å². The quantitative estimate of drug-likeness (QED) is 0.909. The van der Waals surface area contributed by atoms with E-state index in [1.165, 1.54) is 0 Å². The molecule has 1 aliphatic rings. The minimum atomic E-state index is -0.142. The Labute approximate surface area is 130 Å². The summed E-state index contributed by atoms with van der Waals surface area (Å²) in [6, 6.07) is 15.3. The molecule has 0 spiro atoms. The SMILES string of the molecule is CCCC(C(=O)Nc1ccc2c(c1)OCO2)c1ccccc1. The standard InChI is InChI=1S/C18H19NO3/c1-2-6-15(13-7-4-3-5-8-13)18(20)19-14-9-10-16-17(11-14)22-12-21-16/h3-5,7-11,15H,2,6,12H2,1H3,(H,19,20). The average Bonchev–Trinajstić information content (AvgIpc) is 3.01. The molecule has 0 bridgehead atoms. The highest BCUT2D eigenvalue weighted by Crippen LogP contribution is 2.34. The number of nitrogens with one attached hydrogen (secondary N) is 1. The molecule has 4 heteroatoms. The van der Waals surface area contributed by atoms with Crippen molar-refractivity contribution in [3.05, 3.63) is 54.1 Å². The Morgan fingerprint density at radius 1 is 1.14 bits per heavy atom. The molecule has 0 aromatic heterocycles. The van der Waals surface area contributed by atoms with Gasteiger partial charge >= 0.3 is 0 Å². The van der Waals surface area contributed by atoms with Gasteiger partial charge in [-0.15, -0.1) is 0 Å². The van der Waals surface area contributed by atoms with Crippen LogP contribution in [0.4, 0.5) is 5.69 Å². The summed E-state index contributed by atoms with van der Waals surface area (Å²) in [7, 11) is 0. The van der Waals surface area contributed by atoms with E-state index in [-0.39, 0.29) is 18.6 Å². The first kappa shape index (κ1) is 14.4. The zero-order valence-electron chi connectivity index (χ0n) is 12.5. The van der Waals surface area contributed by atoms with Crippen molar-refractivity contribution in [3.8, 4) is 11.5 Å². The van der Waals surface area contributed by atoms with E-state index in [2.05, 4.69) is 12.2 Å². The maximum atomic E-state index is 12.6. The van der Waals surface area contributed by atoms with E-state index >= 15 is 0 Å². The van der Waals surface area contributed by atoms with Gasteiger partial charge < -0.3 is 14.8 Å². The summed E-state index contributed by atoms with van der Waals surface area (Å²) in [4.78, 5) is 12.6. The van der Waals surface area contributed by atoms with Crippen LogP contribution in [-0.4, -0.2) is 12.7 Å². The van der Waals surface area contributed by atoms with Crippen molar-refractivity contribution < 1.29 is 14.3 Å². The summed E-state index contributed by atoms with van der Waals surface area (Å²) < 4.78 is 10.6. The molecule has 2 aromatic rings. The van der Waals surface area contributed by atoms with Crippen LogP contribution in [0.5, 0.6) is 11.5 Å². The second-order valence-corrected chi connectivity index (χ2v) is 5.31. The van der Waals surface area contributed by atoms with Crippen LogP contribution in [0.2, 0.25) is 0 Å². The molecule has 22 heavy (non-hydrogen) atoms. The Balaban J connectivity index is 1.76. The molecule has 1 aliphatic heterocycles. The maximum absolute atomic E-state index is 12.6. The van der Waals surface area contributed by atoms with Gasteiger partial charge in [-0.1, -0.05) is 43.7 Å². The number of benzene rings is 2. The van der Waals surface area contributed by atoms with Gasteiger partial charge in [0.15, 0.2) is 11.5 Å². The maximum Gasteiger partial charge on any atom is 0.231 e. The number of rotatable bonds is 5. The molecule has 0 radical (unpaired) electrons. The summed E-state index contributed by atoms with van der Waals surface area (Å²) in [5.41, 5.74) is 1.77. The molecular weight excluding hydrogens is 278 g/mol. The Hall–Kier alpha value is -2.49. The zero-order chi connectivity index (χ0) is 15.4. The first-order valence-corrected chi connectivity index (χ1v) is 7.53. The molecular formula is C18H19NO3. The van der Waals surface area contributed by atoms with Crippen LogP contribution >= 0.6 is 0 Å². The van der Waals surface area contributed by atoms with E-state index in [1.807, 2.05) is 42.5 Å². The topological polar surface area (TPSA) is 47.6 Å². The predicted molar refractivity (Wildman–Crippen MR) is 85.3 cm³/mol. The third kappa shape index (κ3) is 3.06. The second-order valence-electron chi connectivity index (χ2n) is 5.31. The zero-order valence-corrected chi connectivity index (χ0v) is 12.5. The number of amides is 1. The molecule has 1 atom stereocenters. The first-order valence-electron chi connectivity index (χ1n) is 7.53. The van der Waals surface area contributed by atoms with Crippen molar-refractivity contribution in [2.75, 3.05) is 12.1 Å². The molecule has 1 unspecified atom stereocenters. The summed E-state index contributed by atoms with van der Waals surface area (Å²) in [5.74, 6) is 1.25. The fraction of sp³-hybridized carbons (Fsp3) is 0.278. The molecule has 0 aliphatic carbocycles. The minimum absolute atomic E-state index is 0.00640. The molecule has 1 N–H and O–H groups in total. The average molecular weight is 297 g/mol. The molecule has 0 saturated heterocycles. The molecule has 1 amide bonds. The van der Waals surface area contributed by atoms with E-state index in [0.29, 0.717) is 11.5 Å². The Morgan fingerprint density at radius 3 is 2.68 bits per heavy atom. The summed E-state index contributed by atoms with van der Waals surface area (Å²) in [6.07, 6.45) is 1.77. The van der Waals surface area contributed by atoms with Crippen molar-refractivity contribution in [2.24, 2.45) is 0 Å². The fourth-order valence-corrected chi connectivity index (χ4v) is 2.63. The number of hydrogen-bond donors (Lipinski definition) is 1. The van der Waals surface area contributed by atoms with Gasteiger partial charge in [-0.2, -0.15) is 0 Å². The largest absolute Gasteiger partial charge is 0.454 e. The fourth-order valence-electron chi connectivity index (χ4n) is 2.63. The molecule has 4 nitrogen and oxygen atoms in total. The third-order valence-corrected chi connectivity index (χ3v) is 3.74. The predicted octanol–water partition coefficient (Wildman–Crippen LogP) is 3.94. The van der Waals surface area contributed by atoms with Gasteiger partial charge in [0.05, 0.1) is 5.92 Å². The highest BCUT2D eigenvalue weighted by Gasteiger charge is 2.21. The van der Waals surface area contributed by atoms with Crippen molar-refractivity contribution in [1.82, 2.24) is 0 Å². The van der Waals surface area contributed by atoms with Crippen LogP contribution in [0, 0.1) is 0 Å². The van der Waals surface area contributed by atoms with Crippen LogP contribution in [0.25, 0.3) is 0 Å². The van der Waals surface area contributed by atoms with Crippen LogP contribution in [0.3, 0.4) is 0 Å². The van der Waals surface area contributed by atoms with Crippen LogP contribution in [0.1, 0.15) is 31.2 Å².